The molecule has 0 saturated heterocycles. The highest BCUT2D eigenvalue weighted by molar-refractivity contribution is 5.95. The molecule has 1 aliphatic carbocycles. The van der Waals surface area contributed by atoms with Gasteiger partial charge in [0.1, 0.15) is 0 Å². The van der Waals surface area contributed by atoms with Gasteiger partial charge in [-0.25, -0.2) is 0 Å². The molecule has 3 nitrogen and oxygen atoms in total. The lowest BCUT2D eigenvalue weighted by Crippen LogP contribution is -2.35. The van der Waals surface area contributed by atoms with Gasteiger partial charge >= 0.3 is 0 Å². The van der Waals surface area contributed by atoms with Gasteiger partial charge in [-0.15, -0.1) is 0 Å². The second-order valence-electron chi connectivity index (χ2n) is 6.01. The van der Waals surface area contributed by atoms with Crippen molar-refractivity contribution >= 4 is 11.6 Å². The van der Waals surface area contributed by atoms with E-state index in [4.69, 9.17) is 0 Å². The Bertz CT molecular complexity index is 497. The molecule has 20 heavy (non-hydrogen) atoms. The molecule has 0 unspecified atom stereocenters. The van der Waals surface area contributed by atoms with Gasteiger partial charge in [0.15, 0.2) is 0 Å². The van der Waals surface area contributed by atoms with Crippen LogP contribution in [0.15, 0.2) is 12.1 Å². The van der Waals surface area contributed by atoms with Gasteiger partial charge in [-0.3, -0.25) is 4.79 Å². The molecule has 1 fully saturated rings. The Morgan fingerprint density at radius 1 is 1.35 bits per heavy atom. The lowest BCUT2D eigenvalue weighted by molar-refractivity contribution is -0.126. The molecule has 0 radical (unpaired) electrons. The summed E-state index contributed by atoms with van der Waals surface area (Å²) < 4.78 is 26.3. The maximum absolute atomic E-state index is 13.5. The normalized spacial score (nSPS) is 17.4. The third-order valence-corrected chi connectivity index (χ3v) is 3.90. The molecule has 0 spiro atoms. The number of rotatable bonds is 4. The average Bonchev–Trinajstić information content (AvgIpc) is 2.81. The van der Waals surface area contributed by atoms with E-state index < -0.39 is 17.3 Å². The van der Waals surface area contributed by atoms with Gasteiger partial charge in [0.05, 0.1) is 5.69 Å². The Labute approximate surface area is 117 Å². The summed E-state index contributed by atoms with van der Waals surface area (Å²) in [6.07, 6.45) is 4.48. The predicted octanol–water partition coefficient (Wildman–Crippen LogP) is 3.90. The van der Waals surface area contributed by atoms with Crippen LogP contribution in [-0.2, 0) is 4.79 Å². The van der Waals surface area contributed by atoms with E-state index in [1.807, 2.05) is 0 Å². The summed E-state index contributed by atoms with van der Waals surface area (Å²) in [6.45, 7) is 4.15. The fourth-order valence-electron chi connectivity index (χ4n) is 3.12. The minimum absolute atomic E-state index is 0.0496. The second kappa shape index (κ2) is 5.85. The van der Waals surface area contributed by atoms with Gasteiger partial charge in [0.25, 0.3) is 0 Å². The van der Waals surface area contributed by atoms with E-state index in [1.165, 1.54) is 6.07 Å². The van der Waals surface area contributed by atoms with E-state index in [0.717, 1.165) is 38.2 Å². The number of carbonyl (C=O) groups excluding carboxylic acids is 1. The van der Waals surface area contributed by atoms with Gasteiger partial charge in [-0.05, 0) is 37.3 Å². The first kappa shape index (κ1) is 14.9. The van der Waals surface area contributed by atoms with Gasteiger partial charge in [-0.2, -0.15) is 13.8 Å². The molecule has 0 aromatic carbocycles. The minimum Gasteiger partial charge on any atom is -0.322 e. The molecule has 1 aliphatic rings. The number of nitrogens with zero attached hydrogens (tertiary/aromatic N) is 1. The Balaban J connectivity index is 2.16. The van der Waals surface area contributed by atoms with E-state index in [9.17, 15) is 13.6 Å². The molecule has 0 bridgehead atoms. The van der Waals surface area contributed by atoms with Crippen molar-refractivity contribution in [2.24, 2.45) is 11.3 Å². The smallest absolute Gasteiger partial charge is 0.239 e. The number of nitrogens with one attached hydrogen (secondary N) is 1. The zero-order valence-corrected chi connectivity index (χ0v) is 11.9. The van der Waals surface area contributed by atoms with Crippen molar-refractivity contribution in [2.75, 3.05) is 5.32 Å². The SMILES string of the molecule is CC(C)CC1(C(=O)Nc2ccc(F)nc2F)CCCC1. The summed E-state index contributed by atoms with van der Waals surface area (Å²) in [5.74, 6) is -1.64. The highest BCUT2D eigenvalue weighted by Crippen LogP contribution is 2.44. The lowest BCUT2D eigenvalue weighted by atomic mass is 9.77. The quantitative estimate of drug-likeness (QED) is 0.851. The van der Waals surface area contributed by atoms with Crippen LogP contribution >= 0.6 is 0 Å². The number of halogens is 2. The number of amides is 1. The van der Waals surface area contributed by atoms with Crippen LogP contribution in [0.5, 0.6) is 0 Å². The number of hydrogen-bond donors (Lipinski definition) is 1. The fraction of sp³-hybridized carbons (Fsp3) is 0.600. The average molecular weight is 282 g/mol. The Kier molecular flexibility index (Phi) is 4.35. The molecular formula is C15H20F2N2O. The molecule has 0 atom stereocenters. The van der Waals surface area contributed by atoms with Crippen LogP contribution in [0.2, 0.25) is 0 Å². The van der Waals surface area contributed by atoms with Gasteiger partial charge in [0, 0.05) is 5.41 Å². The maximum Gasteiger partial charge on any atom is 0.239 e. The predicted molar refractivity (Wildman–Crippen MR) is 73.1 cm³/mol. The van der Waals surface area contributed by atoms with Crippen molar-refractivity contribution in [1.29, 1.82) is 0 Å². The van der Waals surface area contributed by atoms with Gasteiger partial charge in [0.2, 0.25) is 17.8 Å². The minimum atomic E-state index is -0.976. The van der Waals surface area contributed by atoms with Gasteiger partial charge in [-0.1, -0.05) is 26.7 Å². The molecule has 1 aromatic heterocycles. The molecule has 110 valence electrons. The van der Waals surface area contributed by atoms with Crippen molar-refractivity contribution in [3.63, 3.8) is 0 Å². The highest BCUT2D eigenvalue weighted by Gasteiger charge is 2.41. The third-order valence-electron chi connectivity index (χ3n) is 3.90. The molecule has 1 heterocycles. The van der Waals surface area contributed by atoms with Crippen LogP contribution in [-0.4, -0.2) is 10.9 Å². The molecule has 2 rings (SSSR count). The summed E-state index contributed by atoms with van der Waals surface area (Å²) in [4.78, 5) is 15.6. The van der Waals surface area contributed by atoms with Crippen LogP contribution in [0.25, 0.3) is 0 Å². The zero-order chi connectivity index (χ0) is 14.8. The Morgan fingerprint density at radius 3 is 2.55 bits per heavy atom. The first-order chi connectivity index (χ1) is 9.43. The van der Waals surface area contributed by atoms with Crippen LogP contribution in [0.4, 0.5) is 14.5 Å². The second-order valence-corrected chi connectivity index (χ2v) is 6.01. The van der Waals surface area contributed by atoms with Crippen molar-refractivity contribution in [3.8, 4) is 0 Å². The maximum atomic E-state index is 13.5. The fourth-order valence-corrected chi connectivity index (χ4v) is 3.12. The molecule has 1 aromatic rings. The monoisotopic (exact) mass is 282 g/mol. The summed E-state index contributed by atoms with van der Waals surface area (Å²) in [5.41, 5.74) is -0.471. The summed E-state index contributed by atoms with van der Waals surface area (Å²) >= 11 is 0. The van der Waals surface area contributed by atoms with E-state index in [1.54, 1.807) is 0 Å². The lowest BCUT2D eigenvalue weighted by Gasteiger charge is -2.29. The third kappa shape index (κ3) is 3.14. The first-order valence-electron chi connectivity index (χ1n) is 7.06. The molecule has 1 saturated carbocycles. The Hall–Kier alpha value is -1.52. The standard InChI is InChI=1S/C15H20F2N2O/c1-10(2)9-15(7-3-4-8-15)14(20)18-11-5-6-12(16)19-13(11)17/h5-6,10H,3-4,7-9H2,1-2H3,(H,18,20). The van der Waals surface area contributed by atoms with Crippen molar-refractivity contribution in [3.05, 3.63) is 24.0 Å². The van der Waals surface area contributed by atoms with Crippen molar-refractivity contribution in [2.45, 2.75) is 46.0 Å². The molecule has 1 N–H and O–H groups in total. The van der Waals surface area contributed by atoms with E-state index in [2.05, 4.69) is 24.1 Å². The number of carbonyl (C=O) groups is 1. The van der Waals surface area contributed by atoms with E-state index in [0.29, 0.717) is 5.92 Å². The van der Waals surface area contributed by atoms with Crippen LogP contribution in [0.3, 0.4) is 0 Å². The first-order valence-corrected chi connectivity index (χ1v) is 7.06. The van der Waals surface area contributed by atoms with Crippen molar-refractivity contribution in [1.82, 2.24) is 4.98 Å². The largest absolute Gasteiger partial charge is 0.322 e. The topological polar surface area (TPSA) is 42.0 Å². The molecule has 5 heteroatoms. The number of aromatic nitrogens is 1. The van der Waals surface area contributed by atoms with E-state index in [-0.39, 0.29) is 11.6 Å². The van der Waals surface area contributed by atoms with Crippen LogP contribution in [0, 0.1) is 23.2 Å². The summed E-state index contributed by atoms with van der Waals surface area (Å²) in [6, 6.07) is 2.26. The number of anilines is 1. The molecular weight excluding hydrogens is 262 g/mol. The molecule has 1 amide bonds. The number of hydrogen-bond acceptors (Lipinski definition) is 2. The van der Waals surface area contributed by atoms with E-state index >= 15 is 0 Å². The number of pyridine rings is 1. The zero-order valence-electron chi connectivity index (χ0n) is 11.9. The van der Waals surface area contributed by atoms with Crippen LogP contribution in [0.1, 0.15) is 46.0 Å². The molecule has 0 aliphatic heterocycles. The summed E-state index contributed by atoms with van der Waals surface area (Å²) in [7, 11) is 0. The highest BCUT2D eigenvalue weighted by atomic mass is 19.1. The Morgan fingerprint density at radius 2 is 2.00 bits per heavy atom. The van der Waals surface area contributed by atoms with Crippen LogP contribution < -0.4 is 5.32 Å². The van der Waals surface area contributed by atoms with Crippen molar-refractivity contribution < 1.29 is 13.6 Å². The summed E-state index contributed by atoms with van der Waals surface area (Å²) in [5, 5.41) is 2.58. The van der Waals surface area contributed by atoms with Gasteiger partial charge < -0.3 is 5.32 Å².